The van der Waals surface area contributed by atoms with Crippen LogP contribution in [0.4, 0.5) is 0 Å². The van der Waals surface area contributed by atoms with E-state index in [1.165, 1.54) is 16.6 Å². The van der Waals surface area contributed by atoms with E-state index >= 15 is 0 Å². The Labute approximate surface area is 110 Å². The van der Waals surface area contributed by atoms with E-state index in [4.69, 9.17) is 10.9 Å². The van der Waals surface area contributed by atoms with Crippen LogP contribution in [0.2, 0.25) is 0 Å². The molecule has 0 amide bonds. The van der Waals surface area contributed by atoms with E-state index in [0.717, 1.165) is 0 Å². The van der Waals surface area contributed by atoms with Crippen LogP contribution in [-0.2, 0) is 10.0 Å². The molecule has 1 aromatic heterocycles. The minimum atomic E-state index is -3.50. The van der Waals surface area contributed by atoms with Crippen molar-refractivity contribution < 1.29 is 13.6 Å². The lowest BCUT2D eigenvalue weighted by Crippen LogP contribution is -2.50. The second-order valence-corrected chi connectivity index (χ2v) is 6.10. The molecule has 1 fully saturated rings. The van der Waals surface area contributed by atoms with Crippen LogP contribution >= 0.6 is 0 Å². The fourth-order valence-corrected chi connectivity index (χ4v) is 3.24. The molecule has 2 rings (SSSR count). The summed E-state index contributed by atoms with van der Waals surface area (Å²) in [5.41, 5.74) is 5.41. The molecule has 1 aliphatic rings. The standard InChI is InChI=1S/C9H16N6O3S/c10-8(13-16)7-14-3-5-15(6-4-14)19(17,18)9-1-2-11-12-9/h1-2,16H,3-7H2,(H2,10,13)(H,11,12). The number of nitrogens with zero attached hydrogens (tertiary/aromatic N) is 4. The number of sulfonamides is 1. The van der Waals surface area contributed by atoms with Gasteiger partial charge in [-0.05, 0) is 6.07 Å². The van der Waals surface area contributed by atoms with Gasteiger partial charge in [-0.3, -0.25) is 10.00 Å². The first-order chi connectivity index (χ1) is 9.04. The van der Waals surface area contributed by atoms with E-state index < -0.39 is 10.0 Å². The predicted molar refractivity (Wildman–Crippen MR) is 67.2 cm³/mol. The number of hydrogen-bond acceptors (Lipinski definition) is 6. The summed E-state index contributed by atoms with van der Waals surface area (Å²) >= 11 is 0. The number of nitrogens with one attached hydrogen (secondary N) is 1. The number of hydrogen-bond donors (Lipinski definition) is 3. The second kappa shape index (κ2) is 5.55. The van der Waals surface area contributed by atoms with Gasteiger partial charge in [-0.25, -0.2) is 8.42 Å². The zero-order valence-electron chi connectivity index (χ0n) is 10.2. The Kier molecular flexibility index (Phi) is 4.02. The summed E-state index contributed by atoms with van der Waals surface area (Å²) in [4.78, 5) is 1.92. The highest BCUT2D eigenvalue weighted by atomic mass is 32.2. The van der Waals surface area contributed by atoms with Crippen molar-refractivity contribution in [2.75, 3.05) is 32.7 Å². The normalized spacial score (nSPS) is 19.7. The Hall–Kier alpha value is -1.65. The lowest BCUT2D eigenvalue weighted by Gasteiger charge is -2.33. The van der Waals surface area contributed by atoms with Crippen LogP contribution < -0.4 is 5.73 Å². The zero-order chi connectivity index (χ0) is 13.9. The number of aromatic nitrogens is 2. The lowest BCUT2D eigenvalue weighted by molar-refractivity contribution is 0.206. The Morgan fingerprint density at radius 2 is 2.16 bits per heavy atom. The van der Waals surface area contributed by atoms with Crippen LogP contribution in [0.15, 0.2) is 22.4 Å². The third-order valence-electron chi connectivity index (χ3n) is 2.94. The third kappa shape index (κ3) is 3.03. The highest BCUT2D eigenvalue weighted by Crippen LogP contribution is 2.14. The van der Waals surface area contributed by atoms with E-state index in [0.29, 0.717) is 32.7 Å². The van der Waals surface area contributed by atoms with E-state index in [2.05, 4.69) is 15.4 Å². The number of rotatable bonds is 4. The molecule has 0 saturated carbocycles. The molecular formula is C9H16N6O3S. The van der Waals surface area contributed by atoms with Crippen molar-refractivity contribution in [1.82, 2.24) is 19.4 Å². The van der Waals surface area contributed by atoms with Crippen molar-refractivity contribution in [3.8, 4) is 0 Å². The Balaban J connectivity index is 1.97. The molecule has 0 aromatic carbocycles. The maximum absolute atomic E-state index is 12.2. The molecule has 10 heteroatoms. The topological polar surface area (TPSA) is 128 Å². The summed E-state index contributed by atoms with van der Waals surface area (Å²) in [5, 5.41) is 17.6. The minimum Gasteiger partial charge on any atom is -0.409 e. The lowest BCUT2D eigenvalue weighted by atomic mass is 10.3. The molecule has 0 spiro atoms. The molecule has 0 bridgehead atoms. The van der Waals surface area contributed by atoms with Crippen LogP contribution in [-0.4, -0.2) is 71.6 Å². The van der Waals surface area contributed by atoms with Crippen molar-refractivity contribution in [3.05, 3.63) is 12.3 Å². The molecule has 106 valence electrons. The molecule has 0 radical (unpaired) electrons. The quantitative estimate of drug-likeness (QED) is 0.267. The Morgan fingerprint density at radius 3 is 2.68 bits per heavy atom. The maximum atomic E-state index is 12.2. The maximum Gasteiger partial charge on any atom is 0.260 e. The van der Waals surface area contributed by atoms with Gasteiger partial charge in [-0.15, -0.1) is 0 Å². The van der Waals surface area contributed by atoms with Gasteiger partial charge >= 0.3 is 0 Å². The van der Waals surface area contributed by atoms with Gasteiger partial charge in [-0.1, -0.05) is 5.16 Å². The zero-order valence-corrected chi connectivity index (χ0v) is 11.0. The van der Waals surface area contributed by atoms with Gasteiger partial charge in [0.15, 0.2) is 10.9 Å². The highest BCUT2D eigenvalue weighted by Gasteiger charge is 2.29. The largest absolute Gasteiger partial charge is 0.409 e. The summed E-state index contributed by atoms with van der Waals surface area (Å²) in [6, 6.07) is 1.43. The number of oxime groups is 1. The van der Waals surface area contributed by atoms with E-state index in [1.54, 1.807) is 0 Å². The first-order valence-corrected chi connectivity index (χ1v) is 7.16. The number of aromatic amines is 1. The summed E-state index contributed by atoms with van der Waals surface area (Å²) < 4.78 is 25.8. The molecule has 1 aliphatic heterocycles. The Morgan fingerprint density at radius 1 is 1.47 bits per heavy atom. The van der Waals surface area contributed by atoms with Crippen LogP contribution in [0.1, 0.15) is 0 Å². The first kappa shape index (κ1) is 13.8. The second-order valence-electron chi connectivity index (χ2n) is 4.19. The highest BCUT2D eigenvalue weighted by molar-refractivity contribution is 7.89. The summed E-state index contributed by atoms with van der Waals surface area (Å²) in [6.45, 7) is 2.11. The average Bonchev–Trinajstić information content (AvgIpc) is 2.94. The van der Waals surface area contributed by atoms with Gasteiger partial charge in [0, 0.05) is 26.2 Å². The monoisotopic (exact) mass is 288 g/mol. The summed E-state index contributed by atoms with van der Waals surface area (Å²) in [7, 11) is -3.50. The van der Waals surface area contributed by atoms with Gasteiger partial charge in [-0.2, -0.15) is 9.40 Å². The van der Waals surface area contributed by atoms with Crippen molar-refractivity contribution in [2.24, 2.45) is 10.9 Å². The number of H-pyrrole nitrogens is 1. The smallest absolute Gasteiger partial charge is 0.260 e. The first-order valence-electron chi connectivity index (χ1n) is 5.72. The van der Waals surface area contributed by atoms with Crippen LogP contribution in [0.25, 0.3) is 0 Å². The van der Waals surface area contributed by atoms with E-state index in [1.807, 2.05) is 4.90 Å². The molecule has 0 aliphatic carbocycles. The number of amidine groups is 1. The van der Waals surface area contributed by atoms with Crippen LogP contribution in [0.5, 0.6) is 0 Å². The molecule has 0 unspecified atom stereocenters. The average molecular weight is 288 g/mol. The molecule has 1 saturated heterocycles. The van der Waals surface area contributed by atoms with E-state index in [-0.39, 0.29) is 10.9 Å². The molecule has 2 heterocycles. The molecule has 1 aromatic rings. The molecule has 9 nitrogen and oxygen atoms in total. The van der Waals surface area contributed by atoms with Gasteiger partial charge in [0.05, 0.1) is 12.7 Å². The van der Waals surface area contributed by atoms with Crippen molar-refractivity contribution >= 4 is 15.9 Å². The SMILES string of the molecule is NC(CN1CCN(S(=O)(=O)c2ccn[nH]2)CC1)=NO. The minimum absolute atomic E-state index is 0.0948. The van der Waals surface area contributed by atoms with Gasteiger partial charge in [0.1, 0.15) is 0 Å². The van der Waals surface area contributed by atoms with Gasteiger partial charge in [0.25, 0.3) is 10.0 Å². The Bertz CT molecular complexity index is 532. The fourth-order valence-electron chi connectivity index (χ4n) is 1.91. The molecule has 4 N–H and O–H groups in total. The third-order valence-corrected chi connectivity index (χ3v) is 4.77. The molecule has 19 heavy (non-hydrogen) atoms. The van der Waals surface area contributed by atoms with Crippen molar-refractivity contribution in [2.45, 2.75) is 5.03 Å². The fraction of sp³-hybridized carbons (Fsp3) is 0.556. The number of piperazine rings is 1. The molecule has 0 atom stereocenters. The van der Waals surface area contributed by atoms with Gasteiger partial charge in [0.2, 0.25) is 0 Å². The van der Waals surface area contributed by atoms with E-state index in [9.17, 15) is 8.42 Å². The molecular weight excluding hydrogens is 272 g/mol. The summed E-state index contributed by atoms with van der Waals surface area (Å²) in [5.74, 6) is 0.116. The van der Waals surface area contributed by atoms with Gasteiger partial charge < -0.3 is 10.9 Å². The van der Waals surface area contributed by atoms with Crippen molar-refractivity contribution in [3.63, 3.8) is 0 Å². The summed E-state index contributed by atoms with van der Waals surface area (Å²) in [6.07, 6.45) is 1.40. The van der Waals surface area contributed by atoms with Crippen LogP contribution in [0.3, 0.4) is 0 Å². The number of nitrogens with two attached hydrogens (primary N) is 1. The van der Waals surface area contributed by atoms with Crippen molar-refractivity contribution in [1.29, 1.82) is 0 Å². The predicted octanol–water partition coefficient (Wildman–Crippen LogP) is -1.54. The van der Waals surface area contributed by atoms with Crippen LogP contribution in [0, 0.1) is 0 Å².